The number of benzene rings is 3. The van der Waals surface area contributed by atoms with Gasteiger partial charge in [0.15, 0.2) is 0 Å². The predicted octanol–water partition coefficient (Wildman–Crippen LogP) is 4.69. The molecule has 33 heavy (non-hydrogen) atoms. The number of rotatable bonds is 6. The average molecular weight is 508 g/mol. The van der Waals surface area contributed by atoms with E-state index >= 15 is 0 Å². The topological polar surface area (TPSA) is 90.8 Å². The molecule has 1 unspecified atom stereocenters. The maximum Gasteiger partial charge on any atom is 0.247 e. The molecular formula is C25H19BrFN3O3. The number of amides is 1. The zero-order valence-electron chi connectivity index (χ0n) is 17.3. The van der Waals surface area contributed by atoms with Gasteiger partial charge in [-0.3, -0.25) is 9.59 Å². The van der Waals surface area contributed by atoms with Crippen LogP contribution in [-0.2, 0) is 11.2 Å². The molecule has 0 bridgehead atoms. The monoisotopic (exact) mass is 507 g/mol. The Hall–Kier alpha value is -3.78. The third kappa shape index (κ3) is 5.01. The van der Waals surface area contributed by atoms with Crippen LogP contribution in [0.2, 0.25) is 0 Å². The number of fused-ring (bicyclic) bond motifs is 1. The van der Waals surface area contributed by atoms with Gasteiger partial charge in [-0.15, -0.1) is 0 Å². The molecule has 1 amide bonds. The number of hydrogen-bond donors (Lipinski definition) is 3. The molecule has 8 heteroatoms. The second kappa shape index (κ2) is 9.79. The number of anilines is 1. The second-order valence-corrected chi connectivity index (χ2v) is 8.28. The fourth-order valence-electron chi connectivity index (χ4n) is 3.57. The van der Waals surface area contributed by atoms with Crippen LogP contribution in [0.15, 0.2) is 94.2 Å². The van der Waals surface area contributed by atoms with Gasteiger partial charge >= 0.3 is 0 Å². The van der Waals surface area contributed by atoms with E-state index in [1.165, 1.54) is 18.2 Å². The summed E-state index contributed by atoms with van der Waals surface area (Å²) in [4.78, 5) is 26.2. The minimum Gasteiger partial charge on any atom is -0.410 e. The van der Waals surface area contributed by atoms with E-state index < -0.39 is 17.8 Å². The van der Waals surface area contributed by atoms with Crippen molar-refractivity contribution in [3.63, 3.8) is 0 Å². The van der Waals surface area contributed by atoms with Gasteiger partial charge in [-0.25, -0.2) is 4.39 Å². The Morgan fingerprint density at radius 3 is 2.42 bits per heavy atom. The largest absolute Gasteiger partial charge is 0.410 e. The van der Waals surface area contributed by atoms with E-state index in [0.29, 0.717) is 11.1 Å². The minimum atomic E-state index is -0.862. The normalized spacial score (nSPS) is 14.9. The molecular weight excluding hydrogens is 489 g/mol. The van der Waals surface area contributed by atoms with Crippen LogP contribution in [0.4, 0.5) is 10.1 Å². The zero-order chi connectivity index (χ0) is 23.4. The highest BCUT2D eigenvalue weighted by atomic mass is 79.9. The summed E-state index contributed by atoms with van der Waals surface area (Å²) in [6, 6.07) is 19.5. The van der Waals surface area contributed by atoms with Crippen molar-refractivity contribution in [2.24, 2.45) is 5.16 Å². The lowest BCUT2D eigenvalue weighted by Gasteiger charge is -2.24. The maximum absolute atomic E-state index is 13.9. The molecule has 6 nitrogen and oxygen atoms in total. The number of carbonyl (C=O) groups excluding carboxylic acids is 2. The Balaban J connectivity index is 1.63. The zero-order valence-corrected chi connectivity index (χ0v) is 18.8. The minimum absolute atomic E-state index is 0.125. The summed E-state index contributed by atoms with van der Waals surface area (Å²) in [6.45, 7) is 0. The van der Waals surface area contributed by atoms with Gasteiger partial charge in [0.2, 0.25) is 11.7 Å². The number of hydrogen-bond acceptors (Lipinski definition) is 5. The van der Waals surface area contributed by atoms with Gasteiger partial charge < -0.3 is 15.8 Å². The van der Waals surface area contributed by atoms with Crippen molar-refractivity contribution in [3.05, 3.63) is 112 Å². The second-order valence-electron chi connectivity index (χ2n) is 7.42. The van der Waals surface area contributed by atoms with Gasteiger partial charge in [0, 0.05) is 23.2 Å². The summed E-state index contributed by atoms with van der Waals surface area (Å²) in [5, 5.41) is 18.5. The van der Waals surface area contributed by atoms with Crippen molar-refractivity contribution in [3.8, 4) is 0 Å². The molecule has 3 aromatic rings. The highest BCUT2D eigenvalue weighted by Gasteiger charge is 2.28. The first-order valence-corrected chi connectivity index (χ1v) is 10.9. The first-order valence-electron chi connectivity index (χ1n) is 10.1. The van der Waals surface area contributed by atoms with Crippen LogP contribution in [0.25, 0.3) is 0 Å². The summed E-state index contributed by atoms with van der Waals surface area (Å²) in [5.41, 5.74) is 2.36. The van der Waals surface area contributed by atoms with Crippen LogP contribution in [0.3, 0.4) is 0 Å². The molecule has 0 aromatic heterocycles. The Bertz CT molecular complexity index is 1270. The van der Waals surface area contributed by atoms with Crippen molar-refractivity contribution in [1.29, 1.82) is 0 Å². The number of nitrogens with one attached hydrogen (secondary N) is 2. The molecule has 3 aromatic carbocycles. The molecule has 1 aliphatic rings. The molecule has 1 aliphatic carbocycles. The Morgan fingerprint density at radius 1 is 1.03 bits per heavy atom. The fraction of sp³-hybridized carbons (Fsp3) is 0.0800. The van der Waals surface area contributed by atoms with Crippen LogP contribution in [0.1, 0.15) is 21.5 Å². The Kier molecular flexibility index (Phi) is 6.65. The van der Waals surface area contributed by atoms with Crippen molar-refractivity contribution >= 4 is 39.0 Å². The molecule has 0 radical (unpaired) electrons. The number of carbonyl (C=O) groups is 2. The molecule has 3 N–H and O–H groups in total. The van der Waals surface area contributed by atoms with Gasteiger partial charge in [0.1, 0.15) is 17.6 Å². The van der Waals surface area contributed by atoms with Crippen LogP contribution < -0.4 is 10.6 Å². The molecule has 0 saturated heterocycles. The van der Waals surface area contributed by atoms with Crippen molar-refractivity contribution in [1.82, 2.24) is 5.32 Å². The summed E-state index contributed by atoms with van der Waals surface area (Å²) < 4.78 is 14.2. The van der Waals surface area contributed by atoms with Crippen molar-refractivity contribution < 1.29 is 19.2 Å². The van der Waals surface area contributed by atoms with E-state index in [9.17, 15) is 19.2 Å². The summed E-state index contributed by atoms with van der Waals surface area (Å²) in [6.07, 6.45) is 1.68. The fourth-order valence-corrected chi connectivity index (χ4v) is 3.82. The number of nitrogens with zero attached hydrogens (tertiary/aromatic N) is 1. The molecule has 0 heterocycles. The number of halogens is 2. The third-order valence-electron chi connectivity index (χ3n) is 5.20. The highest BCUT2D eigenvalue weighted by Crippen LogP contribution is 2.22. The van der Waals surface area contributed by atoms with Gasteiger partial charge in [-0.1, -0.05) is 59.8 Å². The Morgan fingerprint density at radius 2 is 1.73 bits per heavy atom. The molecule has 4 rings (SSSR count). The van der Waals surface area contributed by atoms with Crippen LogP contribution in [0.5, 0.6) is 0 Å². The smallest absolute Gasteiger partial charge is 0.247 e. The standard InChI is InChI=1S/C25H19BrFN3O3/c26-19-11-10-16(13-20(19)27)28-25(32)23(12-15-6-2-1-3-7-15)29-22-14-21(30-33)17-8-4-5-9-18(17)24(22)31/h1-11,13-14,23,29,33H,12H2,(H,28,32). The summed E-state index contributed by atoms with van der Waals surface area (Å²) in [5.74, 6) is -1.28. The quantitative estimate of drug-likeness (QED) is 0.333. The molecule has 0 saturated carbocycles. The SMILES string of the molecule is O=C1C(NC(Cc2ccccc2)C(=O)Nc2ccc(Br)c(F)c2)=CC(=NO)c2ccccc21. The molecule has 1 atom stereocenters. The third-order valence-corrected chi connectivity index (χ3v) is 5.84. The highest BCUT2D eigenvalue weighted by molar-refractivity contribution is 9.10. The predicted molar refractivity (Wildman–Crippen MR) is 127 cm³/mol. The van der Waals surface area contributed by atoms with Crippen LogP contribution in [0, 0.1) is 5.82 Å². The Labute approximate surface area is 198 Å². The lowest BCUT2D eigenvalue weighted by molar-refractivity contribution is -0.117. The van der Waals surface area contributed by atoms with Crippen LogP contribution >= 0.6 is 15.9 Å². The average Bonchev–Trinajstić information content (AvgIpc) is 2.83. The lowest BCUT2D eigenvalue weighted by atomic mass is 9.91. The summed E-state index contributed by atoms with van der Waals surface area (Å²) in [7, 11) is 0. The van der Waals surface area contributed by atoms with E-state index in [1.54, 1.807) is 30.3 Å². The first-order chi connectivity index (χ1) is 16.0. The van der Waals surface area contributed by atoms with Gasteiger partial charge in [0.05, 0.1) is 10.2 Å². The number of Topliss-reactive ketones (excluding diaryl/α,β-unsaturated/α-hetero) is 1. The molecule has 0 spiro atoms. The maximum atomic E-state index is 13.9. The van der Waals surface area contributed by atoms with E-state index in [0.717, 1.165) is 5.56 Å². The number of allylic oxidation sites excluding steroid dienone is 2. The van der Waals surface area contributed by atoms with Gasteiger partial charge in [0.25, 0.3) is 0 Å². The number of oxime groups is 1. The molecule has 0 aliphatic heterocycles. The molecule has 0 fully saturated rings. The lowest BCUT2D eigenvalue weighted by Crippen LogP contribution is -2.44. The van der Waals surface area contributed by atoms with Gasteiger partial charge in [-0.2, -0.15) is 0 Å². The van der Waals surface area contributed by atoms with Crippen molar-refractivity contribution in [2.75, 3.05) is 5.32 Å². The van der Waals surface area contributed by atoms with E-state index in [1.807, 2.05) is 30.3 Å². The van der Waals surface area contributed by atoms with E-state index in [2.05, 4.69) is 31.7 Å². The van der Waals surface area contributed by atoms with Gasteiger partial charge in [-0.05, 0) is 45.8 Å². The first kappa shape index (κ1) is 22.4. The van der Waals surface area contributed by atoms with E-state index in [-0.39, 0.29) is 33.8 Å². The van der Waals surface area contributed by atoms with Crippen molar-refractivity contribution in [2.45, 2.75) is 12.5 Å². The van der Waals surface area contributed by atoms with E-state index in [4.69, 9.17) is 0 Å². The summed E-state index contributed by atoms with van der Waals surface area (Å²) >= 11 is 3.09. The number of ketones is 1. The molecule has 166 valence electrons. The van der Waals surface area contributed by atoms with Crippen LogP contribution in [-0.4, -0.2) is 28.7 Å².